The molecule has 0 radical (unpaired) electrons. The van der Waals surface area contributed by atoms with Gasteiger partial charge in [0.05, 0.1) is 56.9 Å². The van der Waals surface area contributed by atoms with Crippen molar-refractivity contribution in [3.05, 3.63) is 95.1 Å². The molecular weight excluding hydrogens is 1050 g/mol. The number of benzene rings is 4. The van der Waals surface area contributed by atoms with Gasteiger partial charge in [0.25, 0.3) is 23.6 Å². The second-order valence-corrected chi connectivity index (χ2v) is 18.8. The van der Waals surface area contributed by atoms with E-state index in [1.165, 1.54) is 101 Å². The molecule has 0 bridgehead atoms. The number of hydrogen-bond donors (Lipinski definition) is 13. The van der Waals surface area contributed by atoms with E-state index in [2.05, 4.69) is 37.2 Å². The Morgan fingerprint density at radius 1 is 0.407 bits per heavy atom. The molecule has 0 spiro atoms. The number of unbranched alkanes of at least 4 members (excludes halogenated alkanes) is 4. The third kappa shape index (κ3) is 20.0. The van der Waals surface area contributed by atoms with E-state index in [-0.39, 0.29) is 87.3 Å². The van der Waals surface area contributed by atoms with Crippen LogP contribution in [0.3, 0.4) is 0 Å². The molecule has 0 unspecified atom stereocenters. The Balaban J connectivity index is 1.54. The van der Waals surface area contributed by atoms with E-state index in [4.69, 9.17) is 53.3 Å². The van der Waals surface area contributed by atoms with Crippen molar-refractivity contribution in [1.29, 1.82) is 0 Å². The molecule has 0 aromatic heterocycles. The quantitative estimate of drug-likeness (QED) is 0.0295. The predicted molar refractivity (Wildman–Crippen MR) is 308 cm³/mol. The summed E-state index contributed by atoms with van der Waals surface area (Å²) in [6.07, 6.45) is 5.28. The predicted octanol–water partition coefficient (Wildman–Crippen LogP) is 2.81. The zero-order valence-electron chi connectivity index (χ0n) is 46.4. The Bertz CT molecular complexity index is 2800. The highest BCUT2D eigenvalue weighted by Gasteiger charge is 2.28. The van der Waals surface area contributed by atoms with Crippen LogP contribution in [-0.2, 0) is 19.2 Å². The van der Waals surface area contributed by atoms with Crippen molar-refractivity contribution < 1.29 is 57.3 Å². The van der Waals surface area contributed by atoms with Gasteiger partial charge in [0.15, 0.2) is 0 Å². The van der Waals surface area contributed by atoms with Crippen molar-refractivity contribution in [2.75, 3.05) is 75.9 Å². The van der Waals surface area contributed by atoms with E-state index in [1.807, 2.05) is 0 Å². The van der Waals surface area contributed by atoms with Crippen LogP contribution < -0.4 is 90.6 Å². The summed E-state index contributed by atoms with van der Waals surface area (Å²) in [5, 5.41) is 19.3. The van der Waals surface area contributed by atoms with Gasteiger partial charge in [-0.2, -0.15) is 0 Å². The van der Waals surface area contributed by atoms with E-state index in [0.29, 0.717) is 84.0 Å². The first-order valence-corrected chi connectivity index (χ1v) is 26.7. The van der Waals surface area contributed by atoms with E-state index in [9.17, 15) is 38.4 Å². The Morgan fingerprint density at radius 3 is 1.12 bits per heavy atom. The molecule has 0 saturated heterocycles. The van der Waals surface area contributed by atoms with Gasteiger partial charge in [-0.05, 0) is 170 Å². The monoisotopic (exact) mass is 1130 g/mol. The van der Waals surface area contributed by atoms with Crippen LogP contribution in [0.25, 0.3) is 0 Å². The maximum Gasteiger partial charge on any atom is 0.255 e. The molecule has 0 fully saturated rings. The van der Waals surface area contributed by atoms with E-state index >= 15 is 0 Å². The fourth-order valence-corrected chi connectivity index (χ4v) is 8.40. The minimum absolute atomic E-state index is 0.0348. The van der Waals surface area contributed by atoms with Gasteiger partial charge in [-0.25, -0.2) is 0 Å². The van der Waals surface area contributed by atoms with Crippen molar-refractivity contribution >= 4 is 70.0 Å². The van der Waals surface area contributed by atoms with Gasteiger partial charge in [-0.1, -0.05) is 6.42 Å². The molecule has 440 valence electrons. The molecule has 0 aliphatic rings. The number of primary amides is 1. The summed E-state index contributed by atoms with van der Waals surface area (Å²) in [5.74, 6) is -4.50. The number of ether oxygens (including phenoxy) is 4. The minimum atomic E-state index is -1.16. The van der Waals surface area contributed by atoms with Gasteiger partial charge >= 0.3 is 0 Å². The number of nitrogens with two attached hydrogens (primary N) is 6. The van der Waals surface area contributed by atoms with Crippen molar-refractivity contribution in [2.45, 2.75) is 101 Å². The Hall–Kier alpha value is -8.36. The number of methoxy groups -OCH3 is 4. The number of nitrogens with one attached hydrogen (secondary N) is 7. The number of hydrogen-bond acceptors (Lipinski definition) is 17. The number of anilines is 4. The maximum absolute atomic E-state index is 14.2. The summed E-state index contributed by atoms with van der Waals surface area (Å²) >= 11 is 0. The second-order valence-electron chi connectivity index (χ2n) is 18.8. The number of carbonyl (C=O) groups is 8. The average molecular weight is 1130 g/mol. The zero-order chi connectivity index (χ0) is 59.4. The van der Waals surface area contributed by atoms with Crippen LogP contribution >= 0.6 is 0 Å². The highest BCUT2D eigenvalue weighted by molar-refractivity contribution is 6.07. The maximum atomic E-state index is 14.2. The molecule has 0 heterocycles. The molecular formula is C56H79N13O12. The van der Waals surface area contributed by atoms with Crippen molar-refractivity contribution in [2.24, 2.45) is 34.4 Å². The van der Waals surface area contributed by atoms with Crippen LogP contribution in [0.4, 0.5) is 22.7 Å². The molecule has 4 atom stereocenters. The first-order chi connectivity index (χ1) is 38.9. The fraction of sp³-hybridized carbons (Fsp3) is 0.429. The SMILES string of the molecule is COc1ccc(C(=O)N[C@@H](CCCCN)C(=O)Nc2ccc(OC)c(C(=O)N[C@@H](CCCCN)C(=O)Nc3ccc(OC)c(C(=O)N[C@@H](CCCCN)C(=O)Nc4ccc(OC)c(C(N)=O)c4)c3)c2)cc1NC(=O)[C@@H](N)CCCCN. The van der Waals surface area contributed by atoms with Gasteiger partial charge in [0.1, 0.15) is 41.1 Å². The first-order valence-electron chi connectivity index (χ1n) is 26.7. The Kier molecular flexibility index (Phi) is 27.3. The molecule has 0 aliphatic heterocycles. The molecule has 0 saturated carbocycles. The van der Waals surface area contributed by atoms with Gasteiger partial charge in [-0.3, -0.25) is 38.4 Å². The topological polar surface area (TPSA) is 414 Å². The molecule has 4 aromatic rings. The van der Waals surface area contributed by atoms with Gasteiger partial charge in [0, 0.05) is 22.6 Å². The number of carbonyl (C=O) groups excluding carboxylic acids is 8. The first kappa shape index (κ1) is 65.2. The minimum Gasteiger partial charge on any atom is -0.496 e. The smallest absolute Gasteiger partial charge is 0.255 e. The molecule has 19 N–H and O–H groups in total. The van der Waals surface area contributed by atoms with E-state index < -0.39 is 71.4 Å². The molecule has 4 aromatic carbocycles. The lowest BCUT2D eigenvalue weighted by Gasteiger charge is -2.22. The lowest BCUT2D eigenvalue weighted by Crippen LogP contribution is -2.44. The van der Waals surface area contributed by atoms with Crippen molar-refractivity contribution in [3.8, 4) is 23.0 Å². The molecule has 8 amide bonds. The van der Waals surface area contributed by atoms with Crippen LogP contribution in [0.15, 0.2) is 72.8 Å². The largest absolute Gasteiger partial charge is 0.496 e. The summed E-state index contributed by atoms with van der Waals surface area (Å²) in [6.45, 7) is 1.47. The molecule has 81 heavy (non-hydrogen) atoms. The molecule has 25 heteroatoms. The lowest BCUT2D eigenvalue weighted by atomic mass is 10.1. The van der Waals surface area contributed by atoms with Crippen LogP contribution in [0, 0.1) is 0 Å². The summed E-state index contributed by atoms with van der Waals surface area (Å²) in [4.78, 5) is 109. The zero-order valence-corrected chi connectivity index (χ0v) is 46.4. The lowest BCUT2D eigenvalue weighted by molar-refractivity contribution is -0.118. The van der Waals surface area contributed by atoms with Gasteiger partial charge in [-0.15, -0.1) is 0 Å². The highest BCUT2D eigenvalue weighted by atomic mass is 16.5. The van der Waals surface area contributed by atoms with Crippen molar-refractivity contribution in [3.63, 3.8) is 0 Å². The van der Waals surface area contributed by atoms with E-state index in [0.717, 1.165) is 0 Å². The molecule has 4 rings (SSSR count). The fourth-order valence-electron chi connectivity index (χ4n) is 8.40. The second kappa shape index (κ2) is 33.9. The van der Waals surface area contributed by atoms with Gasteiger partial charge < -0.3 is 90.6 Å². The van der Waals surface area contributed by atoms with Crippen LogP contribution in [0.2, 0.25) is 0 Å². The Morgan fingerprint density at radius 2 is 0.753 bits per heavy atom. The summed E-state index contributed by atoms with van der Waals surface area (Å²) < 4.78 is 21.7. The van der Waals surface area contributed by atoms with Crippen LogP contribution in [-0.4, -0.2) is 126 Å². The van der Waals surface area contributed by atoms with Crippen molar-refractivity contribution in [1.82, 2.24) is 16.0 Å². The van der Waals surface area contributed by atoms with Gasteiger partial charge in [0.2, 0.25) is 23.6 Å². The Labute approximate surface area is 471 Å². The summed E-state index contributed by atoms with van der Waals surface area (Å²) in [7, 11) is 5.48. The normalized spacial score (nSPS) is 12.3. The highest BCUT2D eigenvalue weighted by Crippen LogP contribution is 2.29. The standard InChI is InChI=1S/C56H79N13O12/c1-78-45-22-18-34(30-37(45)49(62)70)63-55(76)42(15-7-11-27-59)67-51(72)39-32-36(20-24-47(39)80-3)65-56(77)43(16-8-12-28-60)68-52(73)38-31-35(19-23-46(38)79-2)64-54(75)41(14-6-10-26-58)66-50(71)33-17-21-48(81-4)44(29-33)69-53(74)40(61)13-5-9-25-57/h17-24,29-32,40-43H,5-16,25-28,57-61H2,1-4H3,(H2,62,70)(H,63,76)(H,64,75)(H,65,77)(H,66,71)(H,67,72)(H,68,73)(H,69,74)/t40-,41-,42-,43-/m0/s1. The summed E-state index contributed by atoms with van der Waals surface area (Å²) in [5.41, 5.74) is 35.3. The average Bonchev–Trinajstić information content (AvgIpc) is 3.48. The number of amides is 8. The van der Waals surface area contributed by atoms with E-state index in [1.54, 1.807) is 0 Å². The third-order valence-corrected chi connectivity index (χ3v) is 12.9. The summed E-state index contributed by atoms with van der Waals surface area (Å²) in [6, 6.07) is 13.2. The molecule has 0 aliphatic carbocycles. The molecule has 25 nitrogen and oxygen atoms in total. The number of rotatable bonds is 35. The third-order valence-electron chi connectivity index (χ3n) is 12.9. The van der Waals surface area contributed by atoms with Crippen LogP contribution in [0.1, 0.15) is 118 Å². The van der Waals surface area contributed by atoms with Crippen LogP contribution in [0.5, 0.6) is 23.0 Å².